The molecule has 0 saturated carbocycles. The molecule has 1 heterocycles. The Kier molecular flexibility index (Phi) is 11.3. The smallest absolute Gasteiger partial charge is 0.345 e. The number of hydrogen-bond acceptors (Lipinski definition) is 14. The van der Waals surface area contributed by atoms with Gasteiger partial charge in [0.05, 0.1) is 14.2 Å². The molecule has 1 aliphatic rings. The van der Waals surface area contributed by atoms with Crippen LogP contribution in [0.5, 0.6) is 46.0 Å². The van der Waals surface area contributed by atoms with Crippen LogP contribution in [0.25, 0.3) is 6.08 Å². The summed E-state index contributed by atoms with van der Waals surface area (Å²) in [6, 6.07) is 14.3. The van der Waals surface area contributed by atoms with Crippen LogP contribution in [0.4, 0.5) is 0 Å². The minimum atomic E-state index is -1.76. The van der Waals surface area contributed by atoms with Gasteiger partial charge in [0.2, 0.25) is 12.2 Å². The number of aromatic hydroxyl groups is 5. The summed E-state index contributed by atoms with van der Waals surface area (Å²) in [5, 5.41) is 70.1. The van der Waals surface area contributed by atoms with Crippen molar-refractivity contribution in [1.29, 1.82) is 0 Å². The highest BCUT2D eigenvalue weighted by Gasteiger charge is 2.46. The summed E-state index contributed by atoms with van der Waals surface area (Å²) in [4.78, 5) is 51.3. The molecule has 0 bridgehead atoms. The van der Waals surface area contributed by atoms with E-state index in [0.29, 0.717) is 5.56 Å². The minimum absolute atomic E-state index is 0.00597. The molecular weight excluding hydrogens is 712 g/mol. The first-order valence-electron chi connectivity index (χ1n) is 16.0. The molecule has 16 nitrogen and oxygen atoms in total. The van der Waals surface area contributed by atoms with E-state index in [4.69, 9.17) is 23.7 Å². The Bertz CT molecular complexity index is 2120. The van der Waals surface area contributed by atoms with Crippen LogP contribution >= 0.6 is 0 Å². The number of carboxylic acids is 2. The van der Waals surface area contributed by atoms with Crippen LogP contribution in [0.3, 0.4) is 0 Å². The SMILES string of the molecule is COc1cc(C[C@@H](OC(=O)[C@H]2c3c(/C=C\C(=O)O[C@@H](Cc4ccc(O)c(O)c4)C(=O)O)ccc(O)c3O[C@@H]2c2ccc(O)c(OC)c2)C(=O)O)ccc1O. The number of ether oxygens (including phenoxy) is 5. The first kappa shape index (κ1) is 38.1. The van der Waals surface area contributed by atoms with E-state index in [1.807, 2.05) is 0 Å². The molecule has 0 aliphatic carbocycles. The van der Waals surface area contributed by atoms with Crippen LogP contribution in [0, 0.1) is 0 Å². The number of phenols is 5. The van der Waals surface area contributed by atoms with E-state index in [2.05, 4.69) is 0 Å². The van der Waals surface area contributed by atoms with Crippen molar-refractivity contribution >= 4 is 30.0 Å². The first-order valence-corrected chi connectivity index (χ1v) is 16.0. The van der Waals surface area contributed by atoms with Gasteiger partial charge in [-0.3, -0.25) is 4.79 Å². The van der Waals surface area contributed by atoms with Crippen molar-refractivity contribution in [3.8, 4) is 46.0 Å². The molecule has 0 aromatic heterocycles. The molecular formula is C38H34O16. The number of methoxy groups -OCH3 is 2. The highest BCUT2D eigenvalue weighted by atomic mass is 16.6. The normalized spacial score (nSPS) is 15.7. The molecule has 0 amide bonds. The Balaban J connectivity index is 1.49. The van der Waals surface area contributed by atoms with E-state index in [1.165, 1.54) is 74.9 Å². The molecule has 282 valence electrons. The second-order valence-electron chi connectivity index (χ2n) is 12.0. The lowest BCUT2D eigenvalue weighted by atomic mass is 9.87. The van der Waals surface area contributed by atoms with Gasteiger partial charge in [0.25, 0.3) is 0 Å². The van der Waals surface area contributed by atoms with Crippen LogP contribution in [0.1, 0.15) is 39.8 Å². The molecule has 4 atom stereocenters. The summed E-state index contributed by atoms with van der Waals surface area (Å²) in [6.45, 7) is 0. The van der Waals surface area contributed by atoms with Crippen LogP contribution < -0.4 is 14.2 Å². The summed E-state index contributed by atoms with van der Waals surface area (Å²) in [5.41, 5.74) is 0.905. The lowest BCUT2D eigenvalue weighted by Crippen LogP contribution is -2.33. The number of carbonyl (C=O) groups excluding carboxylic acids is 2. The van der Waals surface area contributed by atoms with Gasteiger partial charge in [0, 0.05) is 24.5 Å². The maximum atomic E-state index is 14.1. The van der Waals surface area contributed by atoms with Crippen molar-refractivity contribution < 1.29 is 78.6 Å². The quantitative estimate of drug-likeness (QED) is 0.0548. The van der Waals surface area contributed by atoms with E-state index in [1.54, 1.807) is 0 Å². The summed E-state index contributed by atoms with van der Waals surface area (Å²) in [6.07, 6.45) is -3.43. The fourth-order valence-electron chi connectivity index (χ4n) is 5.80. The number of benzene rings is 4. The predicted octanol–water partition coefficient (Wildman–Crippen LogP) is 3.94. The van der Waals surface area contributed by atoms with E-state index in [0.717, 1.165) is 18.2 Å². The molecule has 5 rings (SSSR count). The van der Waals surface area contributed by atoms with E-state index in [9.17, 15) is 54.9 Å². The van der Waals surface area contributed by atoms with Crippen molar-refractivity contribution in [2.75, 3.05) is 14.2 Å². The molecule has 54 heavy (non-hydrogen) atoms. The average molecular weight is 747 g/mol. The Morgan fingerprint density at radius 1 is 0.685 bits per heavy atom. The molecule has 0 saturated heterocycles. The van der Waals surface area contributed by atoms with Gasteiger partial charge in [-0.05, 0) is 70.8 Å². The largest absolute Gasteiger partial charge is 0.504 e. The number of hydrogen-bond donors (Lipinski definition) is 7. The zero-order valence-corrected chi connectivity index (χ0v) is 28.5. The highest BCUT2D eigenvalue weighted by molar-refractivity contribution is 5.92. The first-order chi connectivity index (χ1) is 25.7. The minimum Gasteiger partial charge on any atom is -0.504 e. The number of rotatable bonds is 14. The number of phenolic OH excluding ortho intramolecular Hbond substituents is 5. The summed E-state index contributed by atoms with van der Waals surface area (Å²) in [5.74, 6) is -8.69. The summed E-state index contributed by atoms with van der Waals surface area (Å²) < 4.78 is 27.1. The molecule has 0 fully saturated rings. The fourth-order valence-corrected chi connectivity index (χ4v) is 5.80. The zero-order valence-electron chi connectivity index (χ0n) is 28.5. The van der Waals surface area contributed by atoms with Crippen LogP contribution in [-0.4, -0.2) is 86.1 Å². The maximum Gasteiger partial charge on any atom is 0.345 e. The van der Waals surface area contributed by atoms with Crippen LogP contribution in [0.15, 0.2) is 72.8 Å². The van der Waals surface area contributed by atoms with Crippen molar-refractivity contribution in [3.05, 3.63) is 101 Å². The Labute approximate surface area is 306 Å². The molecule has 4 aromatic carbocycles. The number of carbonyl (C=O) groups is 4. The third kappa shape index (κ3) is 8.33. The summed E-state index contributed by atoms with van der Waals surface area (Å²) >= 11 is 0. The summed E-state index contributed by atoms with van der Waals surface area (Å²) in [7, 11) is 2.60. The second kappa shape index (κ2) is 16.1. The number of esters is 2. The van der Waals surface area contributed by atoms with Gasteiger partial charge in [-0.2, -0.15) is 0 Å². The molecule has 0 spiro atoms. The van der Waals surface area contributed by atoms with E-state index < -0.39 is 65.4 Å². The van der Waals surface area contributed by atoms with Gasteiger partial charge >= 0.3 is 23.9 Å². The van der Waals surface area contributed by atoms with Gasteiger partial charge in [-0.25, -0.2) is 14.4 Å². The predicted molar refractivity (Wildman–Crippen MR) is 185 cm³/mol. The standard InChI is InChI=1S/C38H34O16/c1-50-27-14-19(4-9-23(27)40)16-30(37(47)48)53-38(49)33-32-20(5-11-25(42)35(32)54-34(33)21-6-10-24(41)28(17-21)51-2)7-12-31(44)52-29(36(45)46)15-18-3-8-22(39)26(43)13-18/h3-14,17,29-30,33-34,39-43H,15-16H2,1-2H3,(H,45,46)(H,47,48)/b12-7-/t29-,30+,33-,34+/m0/s1. The Morgan fingerprint density at radius 2 is 1.24 bits per heavy atom. The molecule has 4 aromatic rings. The maximum absolute atomic E-state index is 14.1. The Hall–Kier alpha value is -7.10. The molecule has 1 aliphatic heterocycles. The van der Waals surface area contributed by atoms with Crippen LogP contribution in [0.2, 0.25) is 0 Å². The van der Waals surface area contributed by atoms with Crippen molar-refractivity contribution in [1.82, 2.24) is 0 Å². The van der Waals surface area contributed by atoms with Gasteiger partial charge in [-0.15, -0.1) is 0 Å². The van der Waals surface area contributed by atoms with Gasteiger partial charge in [0.1, 0.15) is 12.0 Å². The number of carboxylic acid groups (broad SMARTS) is 2. The molecule has 16 heteroatoms. The van der Waals surface area contributed by atoms with Crippen molar-refractivity contribution in [2.45, 2.75) is 37.1 Å². The topological polar surface area (TPSA) is 256 Å². The van der Waals surface area contributed by atoms with Gasteiger partial charge < -0.3 is 59.4 Å². The van der Waals surface area contributed by atoms with Crippen molar-refractivity contribution in [3.63, 3.8) is 0 Å². The highest BCUT2D eigenvalue weighted by Crippen LogP contribution is 2.53. The van der Waals surface area contributed by atoms with E-state index >= 15 is 0 Å². The lowest BCUT2D eigenvalue weighted by Gasteiger charge is -2.22. The zero-order chi connectivity index (χ0) is 39.3. The fraction of sp³-hybridized carbons (Fsp3) is 0.211. The molecule has 0 unspecified atom stereocenters. The average Bonchev–Trinajstić information content (AvgIpc) is 3.55. The number of aliphatic carboxylic acids is 2. The van der Waals surface area contributed by atoms with Crippen LogP contribution in [-0.2, 0) is 41.5 Å². The lowest BCUT2D eigenvalue weighted by molar-refractivity contribution is -0.166. The third-order valence-electron chi connectivity index (χ3n) is 8.45. The van der Waals surface area contributed by atoms with Crippen molar-refractivity contribution in [2.24, 2.45) is 0 Å². The van der Waals surface area contributed by atoms with E-state index in [-0.39, 0.29) is 63.8 Å². The third-order valence-corrected chi connectivity index (χ3v) is 8.45. The Morgan fingerprint density at radius 3 is 1.85 bits per heavy atom. The molecule has 7 N–H and O–H groups in total. The number of fused-ring (bicyclic) bond motifs is 1. The monoisotopic (exact) mass is 746 g/mol. The molecule has 0 radical (unpaired) electrons. The second-order valence-corrected chi connectivity index (χ2v) is 12.0. The van der Waals surface area contributed by atoms with Gasteiger partial charge in [0.15, 0.2) is 46.0 Å². The van der Waals surface area contributed by atoms with Gasteiger partial charge in [-0.1, -0.05) is 24.3 Å².